The van der Waals surface area contributed by atoms with Gasteiger partial charge in [0.2, 0.25) is 11.9 Å². The van der Waals surface area contributed by atoms with Gasteiger partial charge in [-0.15, -0.1) is 5.10 Å². The normalized spacial score (nSPS) is 16.5. The van der Waals surface area contributed by atoms with E-state index in [0.29, 0.717) is 36.1 Å². The van der Waals surface area contributed by atoms with Crippen LogP contribution in [0.4, 0.5) is 5.95 Å². The van der Waals surface area contributed by atoms with Gasteiger partial charge in [0.1, 0.15) is 17.2 Å². The molecular weight excluding hydrogens is 346 g/mol. The van der Waals surface area contributed by atoms with Gasteiger partial charge < -0.3 is 19.3 Å². The van der Waals surface area contributed by atoms with Gasteiger partial charge in [0.15, 0.2) is 0 Å². The summed E-state index contributed by atoms with van der Waals surface area (Å²) in [5.74, 6) is 2.28. The molecule has 144 valence electrons. The van der Waals surface area contributed by atoms with Gasteiger partial charge in [-0.3, -0.25) is 4.79 Å². The number of nitrogens with zero attached hydrogens (tertiary/aromatic N) is 5. The number of hydrogen-bond acceptors (Lipinski definition) is 7. The van der Waals surface area contributed by atoms with Crippen LogP contribution in [0.2, 0.25) is 0 Å². The Hall–Kier alpha value is -2.90. The molecule has 3 rings (SSSR count). The fourth-order valence-electron chi connectivity index (χ4n) is 3.43. The molecule has 0 spiro atoms. The van der Waals surface area contributed by atoms with E-state index in [0.717, 1.165) is 18.7 Å². The van der Waals surface area contributed by atoms with Crippen LogP contribution >= 0.6 is 0 Å². The standard InChI is InChI=1S/C19H25N5O3/c1-5-24-12-13(9-17(24)25)11-23(2)19-21-14(10-20-22-19)18-15(26-3)7-6-8-16(18)27-4/h6-8,10,13H,5,9,11-12H2,1-4H3. The van der Waals surface area contributed by atoms with Gasteiger partial charge in [0.25, 0.3) is 0 Å². The first kappa shape index (κ1) is 18.9. The first-order chi connectivity index (χ1) is 13.1. The van der Waals surface area contributed by atoms with Gasteiger partial charge in [-0.1, -0.05) is 6.07 Å². The Balaban J connectivity index is 1.83. The molecule has 1 unspecified atom stereocenters. The Morgan fingerprint density at radius 1 is 1.26 bits per heavy atom. The maximum Gasteiger partial charge on any atom is 0.245 e. The number of hydrogen-bond donors (Lipinski definition) is 0. The van der Waals surface area contributed by atoms with E-state index in [1.807, 2.05) is 42.0 Å². The third kappa shape index (κ3) is 3.94. The molecule has 0 saturated carbocycles. The number of ether oxygens (including phenoxy) is 2. The molecule has 8 nitrogen and oxygen atoms in total. The summed E-state index contributed by atoms with van der Waals surface area (Å²) in [5, 5.41) is 8.27. The summed E-state index contributed by atoms with van der Waals surface area (Å²) < 4.78 is 10.9. The van der Waals surface area contributed by atoms with Gasteiger partial charge in [0, 0.05) is 39.0 Å². The number of methoxy groups -OCH3 is 2. The molecule has 0 aliphatic carbocycles. The topological polar surface area (TPSA) is 80.7 Å². The van der Waals surface area contributed by atoms with Crippen molar-refractivity contribution in [3.05, 3.63) is 24.4 Å². The maximum atomic E-state index is 11.9. The highest BCUT2D eigenvalue weighted by Crippen LogP contribution is 2.37. The largest absolute Gasteiger partial charge is 0.496 e. The second kappa shape index (κ2) is 8.20. The maximum absolute atomic E-state index is 11.9. The van der Waals surface area contributed by atoms with Gasteiger partial charge in [0.05, 0.1) is 26.0 Å². The fraction of sp³-hybridized carbons (Fsp3) is 0.474. The van der Waals surface area contributed by atoms with Crippen LogP contribution in [0.15, 0.2) is 24.4 Å². The third-order valence-corrected chi connectivity index (χ3v) is 4.78. The summed E-state index contributed by atoms with van der Waals surface area (Å²) in [6.45, 7) is 4.21. The molecule has 1 aliphatic heterocycles. The number of anilines is 1. The van der Waals surface area contributed by atoms with Crippen molar-refractivity contribution in [3.8, 4) is 22.8 Å². The van der Waals surface area contributed by atoms with Crippen LogP contribution in [0.1, 0.15) is 13.3 Å². The van der Waals surface area contributed by atoms with E-state index in [1.54, 1.807) is 20.4 Å². The van der Waals surface area contributed by atoms with Gasteiger partial charge in [-0.25, -0.2) is 4.98 Å². The second-order valence-electron chi connectivity index (χ2n) is 6.56. The number of amides is 1. The molecule has 1 aromatic heterocycles. The highest BCUT2D eigenvalue weighted by Gasteiger charge is 2.29. The molecule has 1 atom stereocenters. The predicted molar refractivity (Wildman–Crippen MR) is 102 cm³/mol. The number of likely N-dealkylation sites (tertiary alicyclic amines) is 1. The Bertz CT molecular complexity index is 791. The quantitative estimate of drug-likeness (QED) is 0.735. The Labute approximate surface area is 159 Å². The van der Waals surface area contributed by atoms with Crippen molar-refractivity contribution in [3.63, 3.8) is 0 Å². The van der Waals surface area contributed by atoms with Crippen LogP contribution in [0.5, 0.6) is 11.5 Å². The minimum atomic E-state index is 0.211. The SMILES string of the molecule is CCN1CC(CN(C)c2nncc(-c3c(OC)cccc3OC)n2)CC1=O. The van der Waals surface area contributed by atoms with Crippen LogP contribution in [-0.4, -0.2) is 66.9 Å². The van der Waals surface area contributed by atoms with Crippen molar-refractivity contribution >= 4 is 11.9 Å². The molecular formula is C19H25N5O3. The first-order valence-electron chi connectivity index (χ1n) is 8.97. The Morgan fingerprint density at radius 2 is 1.96 bits per heavy atom. The summed E-state index contributed by atoms with van der Waals surface area (Å²) in [4.78, 5) is 20.4. The molecule has 1 aliphatic rings. The van der Waals surface area contributed by atoms with Gasteiger partial charge >= 0.3 is 0 Å². The average molecular weight is 371 g/mol. The lowest BCUT2D eigenvalue weighted by Crippen LogP contribution is -2.30. The van der Waals surface area contributed by atoms with Crippen LogP contribution in [0.3, 0.4) is 0 Å². The van der Waals surface area contributed by atoms with Crippen LogP contribution in [0.25, 0.3) is 11.3 Å². The minimum absolute atomic E-state index is 0.211. The second-order valence-corrected chi connectivity index (χ2v) is 6.56. The van der Waals surface area contributed by atoms with E-state index in [9.17, 15) is 4.79 Å². The first-order valence-corrected chi connectivity index (χ1v) is 8.97. The lowest BCUT2D eigenvalue weighted by Gasteiger charge is -2.21. The molecule has 0 bridgehead atoms. The lowest BCUT2D eigenvalue weighted by atomic mass is 10.1. The molecule has 1 amide bonds. The number of benzene rings is 1. The van der Waals surface area contributed by atoms with Crippen molar-refractivity contribution < 1.29 is 14.3 Å². The van der Waals surface area contributed by atoms with Crippen molar-refractivity contribution in [2.45, 2.75) is 13.3 Å². The fourth-order valence-corrected chi connectivity index (χ4v) is 3.43. The molecule has 1 fully saturated rings. The third-order valence-electron chi connectivity index (χ3n) is 4.78. The molecule has 8 heteroatoms. The predicted octanol–water partition coefficient (Wildman–Crippen LogP) is 1.86. The molecule has 27 heavy (non-hydrogen) atoms. The van der Waals surface area contributed by atoms with E-state index in [-0.39, 0.29) is 11.8 Å². The van der Waals surface area contributed by atoms with E-state index in [4.69, 9.17) is 9.47 Å². The van der Waals surface area contributed by atoms with Crippen molar-refractivity contribution in [1.29, 1.82) is 0 Å². The number of carbonyl (C=O) groups excluding carboxylic acids is 1. The molecule has 2 aromatic rings. The summed E-state index contributed by atoms with van der Waals surface area (Å²) in [6, 6.07) is 5.57. The highest BCUT2D eigenvalue weighted by molar-refractivity contribution is 5.78. The zero-order chi connectivity index (χ0) is 19.4. The number of rotatable bonds is 7. The smallest absolute Gasteiger partial charge is 0.245 e. The van der Waals surface area contributed by atoms with E-state index < -0.39 is 0 Å². The molecule has 0 radical (unpaired) electrons. The minimum Gasteiger partial charge on any atom is -0.496 e. The van der Waals surface area contributed by atoms with E-state index in [2.05, 4.69) is 15.2 Å². The average Bonchev–Trinajstić information content (AvgIpc) is 3.06. The number of aromatic nitrogens is 3. The molecule has 0 N–H and O–H groups in total. The molecule has 2 heterocycles. The van der Waals surface area contributed by atoms with Crippen LogP contribution in [0, 0.1) is 5.92 Å². The summed E-state index contributed by atoms with van der Waals surface area (Å²) >= 11 is 0. The lowest BCUT2D eigenvalue weighted by molar-refractivity contribution is -0.127. The van der Waals surface area contributed by atoms with Crippen LogP contribution in [-0.2, 0) is 4.79 Å². The monoisotopic (exact) mass is 371 g/mol. The zero-order valence-corrected chi connectivity index (χ0v) is 16.2. The Morgan fingerprint density at radius 3 is 2.56 bits per heavy atom. The van der Waals surface area contributed by atoms with E-state index >= 15 is 0 Å². The summed E-state index contributed by atoms with van der Waals surface area (Å²) in [7, 11) is 5.13. The van der Waals surface area contributed by atoms with Crippen molar-refractivity contribution in [2.75, 3.05) is 45.8 Å². The number of carbonyl (C=O) groups is 1. The Kier molecular flexibility index (Phi) is 5.73. The summed E-state index contributed by atoms with van der Waals surface area (Å²) in [6.07, 6.45) is 2.15. The van der Waals surface area contributed by atoms with Gasteiger partial charge in [-0.05, 0) is 19.1 Å². The van der Waals surface area contributed by atoms with Crippen molar-refractivity contribution in [1.82, 2.24) is 20.1 Å². The molecule has 1 saturated heterocycles. The molecule has 1 aromatic carbocycles. The van der Waals surface area contributed by atoms with Crippen LogP contribution < -0.4 is 14.4 Å². The van der Waals surface area contributed by atoms with Gasteiger partial charge in [-0.2, -0.15) is 5.10 Å². The van der Waals surface area contributed by atoms with Crippen molar-refractivity contribution in [2.24, 2.45) is 5.92 Å². The highest BCUT2D eigenvalue weighted by atomic mass is 16.5. The van der Waals surface area contributed by atoms with E-state index in [1.165, 1.54) is 0 Å². The summed E-state index contributed by atoms with van der Waals surface area (Å²) in [5.41, 5.74) is 1.36. The zero-order valence-electron chi connectivity index (χ0n) is 16.2.